The molecular formula is C25H15Cl2FN4O3. The first kappa shape index (κ1) is 24.0. The van der Waals surface area contributed by atoms with Gasteiger partial charge in [-0.2, -0.15) is 10.2 Å². The first-order valence-electron chi connectivity index (χ1n) is 10.1. The minimum Gasteiger partial charge on any atom is -0.437 e. The van der Waals surface area contributed by atoms with Crippen LogP contribution >= 0.6 is 23.2 Å². The lowest BCUT2D eigenvalue weighted by molar-refractivity contribution is -0.112. The van der Waals surface area contributed by atoms with Crippen molar-refractivity contribution in [3.8, 4) is 17.7 Å². The standard InChI is InChI=1S/C25H15Cl2FN4O3/c1-14-3-2-10-32-22(14)31-24(35-21-9-4-16(26)12-20(21)27)19(25(32)34)11-15(13-29)23(33)30-18-7-5-17(28)6-8-18/h2-12H,1H3,(H,30,33)/b15-11-. The molecule has 0 aliphatic rings. The number of amides is 1. The Labute approximate surface area is 208 Å². The van der Waals surface area contributed by atoms with Gasteiger partial charge in [0.15, 0.2) is 0 Å². The Balaban J connectivity index is 1.84. The lowest BCUT2D eigenvalue weighted by Gasteiger charge is -2.12. The van der Waals surface area contributed by atoms with Crippen LogP contribution in [0.1, 0.15) is 11.1 Å². The fraction of sp³-hybridized carbons (Fsp3) is 0.0400. The first-order valence-corrected chi connectivity index (χ1v) is 10.9. The number of fused-ring (bicyclic) bond motifs is 1. The minimum absolute atomic E-state index is 0.148. The van der Waals surface area contributed by atoms with Crippen LogP contribution in [0.15, 0.2) is 71.2 Å². The SMILES string of the molecule is Cc1cccn2c(=O)c(/C=C(/C#N)C(=O)Nc3ccc(F)cc3)c(Oc3ccc(Cl)cc3Cl)nc12. The van der Waals surface area contributed by atoms with E-state index in [-0.39, 0.29) is 27.9 Å². The fourth-order valence-electron chi connectivity index (χ4n) is 3.18. The highest BCUT2D eigenvalue weighted by atomic mass is 35.5. The summed E-state index contributed by atoms with van der Waals surface area (Å²) in [5.41, 5.74) is 0.177. The van der Waals surface area contributed by atoms with Crippen LogP contribution in [0.5, 0.6) is 11.6 Å². The average Bonchev–Trinajstić information content (AvgIpc) is 2.83. The largest absolute Gasteiger partial charge is 0.437 e. The van der Waals surface area contributed by atoms with Gasteiger partial charge in [-0.25, -0.2) is 4.39 Å². The normalized spacial score (nSPS) is 11.2. The van der Waals surface area contributed by atoms with Gasteiger partial charge in [-0.15, -0.1) is 0 Å². The van der Waals surface area contributed by atoms with Gasteiger partial charge in [0.25, 0.3) is 11.5 Å². The summed E-state index contributed by atoms with van der Waals surface area (Å²) in [6, 6.07) is 14.7. The fourth-order valence-corrected chi connectivity index (χ4v) is 3.63. The molecule has 1 amide bonds. The number of aromatic nitrogens is 2. The van der Waals surface area contributed by atoms with E-state index < -0.39 is 22.9 Å². The van der Waals surface area contributed by atoms with Gasteiger partial charge in [0.05, 0.1) is 5.02 Å². The molecule has 0 bridgehead atoms. The second-order valence-electron chi connectivity index (χ2n) is 7.33. The molecule has 1 N–H and O–H groups in total. The van der Waals surface area contributed by atoms with Crippen LogP contribution in [0.25, 0.3) is 11.7 Å². The summed E-state index contributed by atoms with van der Waals surface area (Å²) >= 11 is 12.2. The number of hydrogen-bond acceptors (Lipinski definition) is 5. The number of aryl methyl sites for hydroxylation is 1. The van der Waals surface area contributed by atoms with E-state index in [1.54, 1.807) is 31.2 Å². The number of rotatable bonds is 5. The van der Waals surface area contributed by atoms with Crippen molar-refractivity contribution in [2.75, 3.05) is 5.32 Å². The van der Waals surface area contributed by atoms with Crippen LogP contribution in [-0.4, -0.2) is 15.3 Å². The molecule has 0 atom stereocenters. The highest BCUT2D eigenvalue weighted by Gasteiger charge is 2.19. The Bertz CT molecular complexity index is 1590. The zero-order valence-electron chi connectivity index (χ0n) is 18.1. The third-order valence-corrected chi connectivity index (χ3v) is 5.44. The first-order chi connectivity index (χ1) is 16.8. The quantitative estimate of drug-likeness (QED) is 0.272. The number of anilines is 1. The molecule has 2 aromatic heterocycles. The monoisotopic (exact) mass is 508 g/mol. The second kappa shape index (κ2) is 9.97. The predicted molar refractivity (Wildman–Crippen MR) is 131 cm³/mol. The number of halogens is 3. The molecule has 7 nitrogen and oxygen atoms in total. The van der Waals surface area contributed by atoms with Crippen molar-refractivity contribution in [2.45, 2.75) is 6.92 Å². The van der Waals surface area contributed by atoms with E-state index in [1.165, 1.54) is 34.9 Å². The van der Waals surface area contributed by atoms with Gasteiger partial charge in [-0.3, -0.25) is 14.0 Å². The molecular weight excluding hydrogens is 494 g/mol. The van der Waals surface area contributed by atoms with Crippen molar-refractivity contribution in [2.24, 2.45) is 0 Å². The molecule has 0 aliphatic carbocycles. The highest BCUT2D eigenvalue weighted by Crippen LogP contribution is 2.32. The van der Waals surface area contributed by atoms with Gasteiger partial charge < -0.3 is 10.1 Å². The highest BCUT2D eigenvalue weighted by molar-refractivity contribution is 6.35. The Morgan fingerprint density at radius 3 is 2.63 bits per heavy atom. The van der Waals surface area contributed by atoms with Gasteiger partial charge in [0.2, 0.25) is 5.88 Å². The zero-order valence-corrected chi connectivity index (χ0v) is 19.6. The van der Waals surface area contributed by atoms with Crippen molar-refractivity contribution in [1.82, 2.24) is 9.38 Å². The van der Waals surface area contributed by atoms with Crippen LogP contribution in [-0.2, 0) is 4.79 Å². The van der Waals surface area contributed by atoms with Crippen molar-refractivity contribution >= 4 is 46.5 Å². The van der Waals surface area contributed by atoms with Crippen molar-refractivity contribution in [1.29, 1.82) is 5.26 Å². The van der Waals surface area contributed by atoms with Crippen LogP contribution < -0.4 is 15.6 Å². The van der Waals surface area contributed by atoms with Gasteiger partial charge in [0, 0.05) is 16.9 Å². The van der Waals surface area contributed by atoms with Crippen LogP contribution in [0.2, 0.25) is 10.0 Å². The zero-order chi connectivity index (χ0) is 25.1. The number of hydrogen-bond donors (Lipinski definition) is 1. The van der Waals surface area contributed by atoms with Gasteiger partial charge in [-0.05, 0) is 67.1 Å². The second-order valence-corrected chi connectivity index (χ2v) is 8.17. The molecule has 0 radical (unpaired) electrons. The van der Waals surface area contributed by atoms with E-state index in [1.807, 2.05) is 0 Å². The lowest BCUT2D eigenvalue weighted by atomic mass is 10.1. The lowest BCUT2D eigenvalue weighted by Crippen LogP contribution is -2.20. The maximum Gasteiger partial charge on any atom is 0.269 e. The van der Waals surface area contributed by atoms with Gasteiger partial charge in [-0.1, -0.05) is 29.3 Å². The molecule has 0 unspecified atom stereocenters. The number of ether oxygens (including phenoxy) is 1. The summed E-state index contributed by atoms with van der Waals surface area (Å²) in [6.07, 6.45) is 2.60. The number of nitrogens with one attached hydrogen (secondary N) is 1. The summed E-state index contributed by atoms with van der Waals surface area (Å²) in [7, 11) is 0. The van der Waals surface area contributed by atoms with E-state index in [9.17, 15) is 19.2 Å². The predicted octanol–water partition coefficient (Wildman–Crippen LogP) is 5.79. The van der Waals surface area contributed by atoms with Crippen molar-refractivity contribution < 1.29 is 13.9 Å². The van der Waals surface area contributed by atoms with Crippen LogP contribution in [0.3, 0.4) is 0 Å². The van der Waals surface area contributed by atoms with E-state index in [0.717, 1.165) is 18.2 Å². The number of nitrogens with zero attached hydrogens (tertiary/aromatic N) is 3. The van der Waals surface area contributed by atoms with Crippen LogP contribution in [0.4, 0.5) is 10.1 Å². The third kappa shape index (κ3) is 5.17. The van der Waals surface area contributed by atoms with E-state index in [0.29, 0.717) is 16.2 Å². The molecule has 0 aliphatic heterocycles. The number of carbonyl (C=O) groups is 1. The topological polar surface area (TPSA) is 96.5 Å². The van der Waals surface area contributed by atoms with E-state index >= 15 is 0 Å². The molecule has 0 saturated carbocycles. The minimum atomic E-state index is -0.802. The van der Waals surface area contributed by atoms with E-state index in [2.05, 4.69) is 10.3 Å². The Hall–Kier alpha value is -4.19. The maximum absolute atomic E-state index is 13.4. The number of carbonyl (C=O) groups excluding carboxylic acids is 1. The van der Waals surface area contributed by atoms with Crippen molar-refractivity contribution in [3.05, 3.63) is 104 Å². The molecule has 10 heteroatoms. The molecule has 0 saturated heterocycles. The number of pyridine rings is 1. The van der Waals surface area contributed by atoms with E-state index in [4.69, 9.17) is 27.9 Å². The third-order valence-electron chi connectivity index (χ3n) is 4.91. The van der Waals surface area contributed by atoms with Crippen molar-refractivity contribution in [3.63, 3.8) is 0 Å². The molecule has 4 rings (SSSR count). The number of benzene rings is 2. The Kier molecular flexibility index (Phi) is 6.82. The Morgan fingerprint density at radius 2 is 1.94 bits per heavy atom. The molecule has 35 heavy (non-hydrogen) atoms. The maximum atomic E-state index is 13.4. The summed E-state index contributed by atoms with van der Waals surface area (Å²) in [5.74, 6) is -1.27. The van der Waals surface area contributed by atoms with Gasteiger partial charge >= 0.3 is 0 Å². The molecule has 2 heterocycles. The summed E-state index contributed by atoms with van der Waals surface area (Å²) in [6.45, 7) is 1.77. The molecule has 0 spiro atoms. The average molecular weight is 509 g/mol. The summed E-state index contributed by atoms with van der Waals surface area (Å²) in [5, 5.41) is 12.7. The number of nitriles is 1. The Morgan fingerprint density at radius 1 is 1.20 bits per heavy atom. The smallest absolute Gasteiger partial charge is 0.269 e. The summed E-state index contributed by atoms with van der Waals surface area (Å²) in [4.78, 5) is 30.5. The molecule has 2 aromatic carbocycles. The molecule has 4 aromatic rings. The van der Waals surface area contributed by atoms with Gasteiger partial charge in [0.1, 0.15) is 34.4 Å². The molecule has 174 valence electrons. The summed E-state index contributed by atoms with van der Waals surface area (Å²) < 4.78 is 20.3. The molecule has 0 fully saturated rings. The van der Waals surface area contributed by atoms with Crippen LogP contribution in [0, 0.1) is 24.1 Å².